The summed E-state index contributed by atoms with van der Waals surface area (Å²) in [7, 11) is 0. The third-order valence-corrected chi connectivity index (χ3v) is 4.00. The molecule has 0 unspecified atom stereocenters. The van der Waals surface area contributed by atoms with Crippen LogP contribution in [0.1, 0.15) is 5.56 Å². The summed E-state index contributed by atoms with van der Waals surface area (Å²) in [6, 6.07) is 6.22. The van der Waals surface area contributed by atoms with E-state index in [0.717, 1.165) is 18.8 Å². The number of thiophene rings is 1. The fourth-order valence-electron chi connectivity index (χ4n) is 2.03. The van der Waals surface area contributed by atoms with Crippen molar-refractivity contribution in [3.05, 3.63) is 29.1 Å². The molecule has 2 aromatic rings. The molecule has 1 aliphatic heterocycles. The number of urea groups is 1. The Balaban J connectivity index is 2.10. The van der Waals surface area contributed by atoms with Crippen LogP contribution in [-0.4, -0.2) is 19.1 Å². The van der Waals surface area contributed by atoms with E-state index < -0.39 is 0 Å². The standard InChI is InChI=1S/C12H12N2OS/c1-8-7-16-11-3-2-9(6-10(8)11)14-5-4-13-12(14)15/h2-3,6-7H,4-5H2,1H3,(H,13,15). The van der Waals surface area contributed by atoms with Crippen molar-refractivity contribution in [3.8, 4) is 0 Å². The normalized spacial score (nSPS) is 15.8. The number of hydrogen-bond donors (Lipinski definition) is 1. The summed E-state index contributed by atoms with van der Waals surface area (Å²) in [6.45, 7) is 3.60. The molecule has 1 aromatic heterocycles. The zero-order valence-electron chi connectivity index (χ0n) is 8.99. The summed E-state index contributed by atoms with van der Waals surface area (Å²) in [4.78, 5) is 13.3. The lowest BCUT2D eigenvalue weighted by atomic mass is 10.1. The summed E-state index contributed by atoms with van der Waals surface area (Å²) in [5.74, 6) is 0. The minimum atomic E-state index is 0.00670. The minimum Gasteiger partial charge on any atom is -0.336 e. The molecule has 0 atom stereocenters. The number of nitrogens with zero attached hydrogens (tertiary/aromatic N) is 1. The van der Waals surface area contributed by atoms with Crippen molar-refractivity contribution in [3.63, 3.8) is 0 Å². The Hall–Kier alpha value is -1.55. The maximum atomic E-state index is 11.6. The van der Waals surface area contributed by atoms with Crippen LogP contribution < -0.4 is 10.2 Å². The SMILES string of the molecule is Cc1csc2ccc(N3CCNC3=O)cc12. The van der Waals surface area contributed by atoms with E-state index in [1.807, 2.05) is 6.07 Å². The molecule has 2 amide bonds. The first-order valence-corrected chi connectivity index (χ1v) is 6.17. The van der Waals surface area contributed by atoms with E-state index >= 15 is 0 Å². The highest BCUT2D eigenvalue weighted by atomic mass is 32.1. The van der Waals surface area contributed by atoms with Gasteiger partial charge in [0.05, 0.1) is 0 Å². The van der Waals surface area contributed by atoms with Crippen LogP contribution in [0.15, 0.2) is 23.6 Å². The van der Waals surface area contributed by atoms with Crippen LogP contribution in [0.5, 0.6) is 0 Å². The van der Waals surface area contributed by atoms with Crippen molar-refractivity contribution in [2.45, 2.75) is 6.92 Å². The molecule has 3 rings (SSSR count). The smallest absolute Gasteiger partial charge is 0.321 e. The van der Waals surface area contributed by atoms with Gasteiger partial charge in [-0.05, 0) is 41.5 Å². The summed E-state index contributed by atoms with van der Waals surface area (Å²) >= 11 is 1.75. The van der Waals surface area contributed by atoms with E-state index in [-0.39, 0.29) is 6.03 Å². The molecule has 1 aliphatic rings. The second kappa shape index (κ2) is 3.49. The Kier molecular flexibility index (Phi) is 2.11. The number of hydrogen-bond acceptors (Lipinski definition) is 2. The van der Waals surface area contributed by atoms with Crippen molar-refractivity contribution in [1.29, 1.82) is 0 Å². The summed E-state index contributed by atoms with van der Waals surface area (Å²) in [6.07, 6.45) is 0. The molecule has 0 saturated carbocycles. The third-order valence-electron chi connectivity index (χ3n) is 2.92. The van der Waals surface area contributed by atoms with Gasteiger partial charge in [0, 0.05) is 23.5 Å². The van der Waals surface area contributed by atoms with Gasteiger partial charge in [-0.3, -0.25) is 4.90 Å². The lowest BCUT2D eigenvalue weighted by Crippen LogP contribution is -2.27. The highest BCUT2D eigenvalue weighted by molar-refractivity contribution is 7.17. The van der Waals surface area contributed by atoms with Gasteiger partial charge in [-0.2, -0.15) is 0 Å². The predicted molar refractivity (Wildman–Crippen MR) is 67.3 cm³/mol. The molecular weight excluding hydrogens is 220 g/mol. The van der Waals surface area contributed by atoms with Crippen molar-refractivity contribution in [2.75, 3.05) is 18.0 Å². The van der Waals surface area contributed by atoms with Gasteiger partial charge in [-0.25, -0.2) is 4.79 Å². The monoisotopic (exact) mass is 232 g/mol. The first kappa shape index (κ1) is 9.66. The molecule has 16 heavy (non-hydrogen) atoms. The first-order valence-electron chi connectivity index (χ1n) is 5.29. The van der Waals surface area contributed by atoms with E-state index in [1.165, 1.54) is 15.6 Å². The molecular formula is C12H12N2OS. The number of rotatable bonds is 1. The Morgan fingerprint density at radius 1 is 1.44 bits per heavy atom. The van der Waals surface area contributed by atoms with E-state index in [9.17, 15) is 4.79 Å². The fraction of sp³-hybridized carbons (Fsp3) is 0.250. The zero-order valence-corrected chi connectivity index (χ0v) is 9.80. The number of anilines is 1. The van der Waals surface area contributed by atoms with Gasteiger partial charge < -0.3 is 5.32 Å². The van der Waals surface area contributed by atoms with Gasteiger partial charge in [0.15, 0.2) is 0 Å². The molecule has 0 bridgehead atoms. The van der Waals surface area contributed by atoms with Gasteiger partial charge >= 0.3 is 6.03 Å². The van der Waals surface area contributed by atoms with E-state index in [0.29, 0.717) is 0 Å². The lowest BCUT2D eigenvalue weighted by Gasteiger charge is -2.14. The van der Waals surface area contributed by atoms with Crippen LogP contribution >= 0.6 is 11.3 Å². The van der Waals surface area contributed by atoms with Crippen LogP contribution in [0.4, 0.5) is 10.5 Å². The fourth-order valence-corrected chi connectivity index (χ4v) is 2.95. The third kappa shape index (κ3) is 1.38. The molecule has 2 heterocycles. The highest BCUT2D eigenvalue weighted by Crippen LogP contribution is 2.29. The Bertz CT molecular complexity index is 561. The number of benzene rings is 1. The van der Waals surface area contributed by atoms with Crippen LogP contribution in [0.25, 0.3) is 10.1 Å². The second-order valence-corrected chi connectivity index (χ2v) is 4.89. The van der Waals surface area contributed by atoms with Gasteiger partial charge in [-0.15, -0.1) is 11.3 Å². The molecule has 1 N–H and O–H groups in total. The lowest BCUT2D eigenvalue weighted by molar-refractivity contribution is 0.252. The van der Waals surface area contributed by atoms with E-state index in [2.05, 4.69) is 29.8 Å². The highest BCUT2D eigenvalue weighted by Gasteiger charge is 2.21. The number of carbonyl (C=O) groups excluding carboxylic acids is 1. The molecule has 0 spiro atoms. The number of amides is 2. The van der Waals surface area contributed by atoms with E-state index in [1.54, 1.807) is 16.2 Å². The van der Waals surface area contributed by atoms with Crippen molar-refractivity contribution in [1.82, 2.24) is 5.32 Å². The molecule has 1 saturated heterocycles. The van der Waals surface area contributed by atoms with Crippen molar-refractivity contribution < 1.29 is 4.79 Å². The first-order chi connectivity index (χ1) is 7.75. The Labute approximate surface area is 97.7 Å². The van der Waals surface area contributed by atoms with Crippen LogP contribution in [0.2, 0.25) is 0 Å². The van der Waals surface area contributed by atoms with Gasteiger partial charge in [-0.1, -0.05) is 0 Å². The average Bonchev–Trinajstić information content (AvgIpc) is 2.86. The summed E-state index contributed by atoms with van der Waals surface area (Å²) in [5.41, 5.74) is 2.27. The molecule has 1 aromatic carbocycles. The predicted octanol–water partition coefficient (Wildman–Crippen LogP) is 2.74. The van der Waals surface area contributed by atoms with Gasteiger partial charge in [0.2, 0.25) is 0 Å². The van der Waals surface area contributed by atoms with Crippen molar-refractivity contribution in [2.24, 2.45) is 0 Å². The zero-order chi connectivity index (χ0) is 11.1. The van der Waals surface area contributed by atoms with Crippen LogP contribution in [-0.2, 0) is 0 Å². The molecule has 3 nitrogen and oxygen atoms in total. The quantitative estimate of drug-likeness (QED) is 0.805. The maximum Gasteiger partial charge on any atom is 0.321 e. The molecule has 1 fully saturated rings. The number of nitrogens with one attached hydrogen (secondary N) is 1. The average molecular weight is 232 g/mol. The topological polar surface area (TPSA) is 32.3 Å². The van der Waals surface area contributed by atoms with Crippen molar-refractivity contribution >= 4 is 33.1 Å². The summed E-state index contributed by atoms with van der Waals surface area (Å²) < 4.78 is 1.28. The maximum absolute atomic E-state index is 11.6. The van der Waals surface area contributed by atoms with Gasteiger partial charge in [0.25, 0.3) is 0 Å². The summed E-state index contributed by atoms with van der Waals surface area (Å²) in [5, 5.41) is 6.22. The number of aryl methyl sites for hydroxylation is 1. The van der Waals surface area contributed by atoms with E-state index in [4.69, 9.17) is 0 Å². The van der Waals surface area contributed by atoms with Gasteiger partial charge in [0.1, 0.15) is 0 Å². The largest absolute Gasteiger partial charge is 0.336 e. The van der Waals surface area contributed by atoms with Crippen LogP contribution in [0, 0.1) is 6.92 Å². The molecule has 4 heteroatoms. The Morgan fingerprint density at radius 2 is 2.31 bits per heavy atom. The Morgan fingerprint density at radius 3 is 3.06 bits per heavy atom. The number of carbonyl (C=O) groups is 1. The minimum absolute atomic E-state index is 0.00670. The second-order valence-electron chi connectivity index (χ2n) is 3.98. The molecule has 82 valence electrons. The van der Waals surface area contributed by atoms with Crippen LogP contribution in [0.3, 0.4) is 0 Å². The molecule has 0 radical (unpaired) electrons. The molecule has 0 aliphatic carbocycles. The number of fused-ring (bicyclic) bond motifs is 1.